The predicted molar refractivity (Wildman–Crippen MR) is 144 cm³/mol. The third kappa shape index (κ3) is 11.1. The van der Waals surface area contributed by atoms with Gasteiger partial charge in [-0.3, -0.25) is 0 Å². The molecule has 1 aromatic carbocycles. The fraction of sp³-hybridized carbons (Fsp3) is 0.800. The zero-order valence-electron chi connectivity index (χ0n) is 22.5. The number of rotatable bonds is 20. The average Bonchev–Trinajstić information content (AvgIpc) is 2.89. The van der Waals surface area contributed by atoms with Crippen LogP contribution in [0.5, 0.6) is 5.75 Å². The van der Waals surface area contributed by atoms with Crippen LogP contribution >= 0.6 is 0 Å². The lowest BCUT2D eigenvalue weighted by molar-refractivity contribution is -0.232. The van der Waals surface area contributed by atoms with Gasteiger partial charge in [-0.15, -0.1) is 0 Å². The summed E-state index contributed by atoms with van der Waals surface area (Å²) in [5.74, 6) is 0.600. The van der Waals surface area contributed by atoms with Gasteiger partial charge in [0.2, 0.25) is 0 Å². The number of aliphatic hydroxyl groups is 4. The highest BCUT2D eigenvalue weighted by atomic mass is 16.5. The summed E-state index contributed by atoms with van der Waals surface area (Å²) in [5.41, 5.74) is 0.617. The van der Waals surface area contributed by atoms with Gasteiger partial charge in [-0.05, 0) is 12.5 Å². The van der Waals surface area contributed by atoms with Gasteiger partial charge < -0.3 is 29.9 Å². The van der Waals surface area contributed by atoms with Crippen molar-refractivity contribution in [1.82, 2.24) is 0 Å². The smallest absolute Gasteiger partial charge is 0.125 e. The molecule has 0 aliphatic carbocycles. The minimum absolute atomic E-state index is 0.441. The van der Waals surface area contributed by atoms with E-state index in [1.165, 1.54) is 89.9 Å². The quantitative estimate of drug-likeness (QED) is 0.165. The van der Waals surface area contributed by atoms with Crippen LogP contribution in [0.2, 0.25) is 0 Å². The largest absolute Gasteiger partial charge is 0.493 e. The van der Waals surface area contributed by atoms with Gasteiger partial charge in [0, 0.05) is 5.56 Å². The van der Waals surface area contributed by atoms with Crippen molar-refractivity contribution in [3.8, 4) is 5.75 Å². The minimum Gasteiger partial charge on any atom is -0.493 e. The molecule has 1 aliphatic heterocycles. The number of unbranched alkanes of at least 4 members (excludes halogenated alkanes) is 15. The Kier molecular flexibility index (Phi) is 16.4. The normalized spacial score (nSPS) is 24.2. The van der Waals surface area contributed by atoms with Crippen LogP contribution in [0, 0.1) is 0 Å². The van der Waals surface area contributed by atoms with Crippen LogP contribution in [-0.2, 0) is 4.74 Å². The average molecular weight is 509 g/mol. The van der Waals surface area contributed by atoms with Crippen LogP contribution in [0.3, 0.4) is 0 Å². The molecule has 2 rings (SSSR count). The Morgan fingerprint density at radius 3 is 1.69 bits per heavy atom. The van der Waals surface area contributed by atoms with Crippen LogP contribution in [-0.4, -0.2) is 58.1 Å². The number of benzene rings is 1. The van der Waals surface area contributed by atoms with Crippen LogP contribution in [0.15, 0.2) is 24.3 Å². The maximum Gasteiger partial charge on any atom is 0.125 e. The molecule has 1 fully saturated rings. The molecule has 1 heterocycles. The summed E-state index contributed by atoms with van der Waals surface area (Å²) in [4.78, 5) is 0. The molecule has 0 spiro atoms. The summed E-state index contributed by atoms with van der Waals surface area (Å²) in [6.45, 7) is 2.41. The Morgan fingerprint density at radius 2 is 1.17 bits per heavy atom. The lowest BCUT2D eigenvalue weighted by atomic mass is 9.91. The maximum absolute atomic E-state index is 10.4. The van der Waals surface area contributed by atoms with Gasteiger partial charge in [-0.1, -0.05) is 121 Å². The molecule has 5 atom stereocenters. The number of hydrogen-bond acceptors (Lipinski definition) is 6. The molecule has 0 radical (unpaired) electrons. The van der Waals surface area contributed by atoms with Crippen molar-refractivity contribution in [3.63, 3.8) is 0 Å². The van der Waals surface area contributed by atoms with E-state index in [4.69, 9.17) is 9.47 Å². The lowest BCUT2D eigenvalue weighted by Crippen LogP contribution is -2.55. The van der Waals surface area contributed by atoms with E-state index in [2.05, 4.69) is 6.92 Å². The molecule has 0 saturated carbocycles. The number of aliphatic hydroxyl groups excluding tert-OH is 4. The second kappa shape index (κ2) is 19.0. The van der Waals surface area contributed by atoms with Gasteiger partial charge in [0.15, 0.2) is 0 Å². The molecule has 6 heteroatoms. The van der Waals surface area contributed by atoms with E-state index in [1.54, 1.807) is 6.07 Å². The van der Waals surface area contributed by atoms with Gasteiger partial charge >= 0.3 is 0 Å². The predicted octanol–water partition coefficient (Wildman–Crippen LogP) is 5.84. The Labute approximate surface area is 219 Å². The van der Waals surface area contributed by atoms with E-state index in [9.17, 15) is 20.4 Å². The Morgan fingerprint density at radius 1 is 0.667 bits per heavy atom. The summed E-state index contributed by atoms with van der Waals surface area (Å²) in [6, 6.07) is 7.29. The van der Waals surface area contributed by atoms with Crippen molar-refractivity contribution in [1.29, 1.82) is 0 Å². The molecule has 1 unspecified atom stereocenters. The molecular weight excluding hydrogens is 456 g/mol. The maximum atomic E-state index is 10.4. The fourth-order valence-electron chi connectivity index (χ4n) is 5.04. The molecule has 1 saturated heterocycles. The zero-order chi connectivity index (χ0) is 26.0. The molecular formula is C30H52O6. The number of para-hydroxylation sites is 1. The number of ether oxygens (including phenoxy) is 2. The van der Waals surface area contributed by atoms with Crippen LogP contribution in [0.1, 0.15) is 121 Å². The third-order valence-corrected chi connectivity index (χ3v) is 7.37. The van der Waals surface area contributed by atoms with Crippen molar-refractivity contribution in [2.75, 3.05) is 13.2 Å². The minimum atomic E-state index is -1.39. The SMILES string of the molecule is CCCCCCCCCCCCCCCCCCOc1ccccc1C1O[C@H](CO)[C@@H](O)[C@H](O)[C@H]1O. The van der Waals surface area contributed by atoms with E-state index in [1.807, 2.05) is 18.2 Å². The first-order valence-corrected chi connectivity index (χ1v) is 14.6. The van der Waals surface area contributed by atoms with Gasteiger partial charge in [0.05, 0.1) is 13.2 Å². The van der Waals surface area contributed by atoms with Crippen LogP contribution < -0.4 is 4.74 Å². The van der Waals surface area contributed by atoms with Gasteiger partial charge in [0.1, 0.15) is 36.3 Å². The fourth-order valence-corrected chi connectivity index (χ4v) is 5.04. The topological polar surface area (TPSA) is 99.4 Å². The van der Waals surface area contributed by atoms with E-state index in [0.717, 1.165) is 12.8 Å². The van der Waals surface area contributed by atoms with E-state index in [-0.39, 0.29) is 0 Å². The second-order valence-corrected chi connectivity index (χ2v) is 10.4. The van der Waals surface area contributed by atoms with Crippen molar-refractivity contribution in [3.05, 3.63) is 29.8 Å². The van der Waals surface area contributed by atoms with Crippen molar-refractivity contribution < 1.29 is 29.9 Å². The summed E-state index contributed by atoms with van der Waals surface area (Å²) in [5, 5.41) is 40.1. The van der Waals surface area contributed by atoms with Crippen molar-refractivity contribution >= 4 is 0 Å². The standard InChI is InChI=1S/C30H52O6/c1-2-3-4-5-6-7-8-9-10-11-12-13-14-15-16-19-22-35-25-21-18-17-20-24(25)30-29(34)28(33)27(32)26(23-31)36-30/h17-18,20-21,26-34H,2-16,19,22-23H2,1H3/t26-,27-,28+,29-,30?/m1/s1. The monoisotopic (exact) mass is 508 g/mol. The third-order valence-electron chi connectivity index (χ3n) is 7.37. The van der Waals surface area contributed by atoms with Gasteiger partial charge in [-0.25, -0.2) is 0 Å². The molecule has 208 valence electrons. The van der Waals surface area contributed by atoms with E-state index >= 15 is 0 Å². The van der Waals surface area contributed by atoms with Crippen molar-refractivity contribution in [2.24, 2.45) is 0 Å². The Balaban J connectivity index is 1.53. The lowest BCUT2D eigenvalue weighted by Gasteiger charge is -2.40. The van der Waals surface area contributed by atoms with Gasteiger partial charge in [0.25, 0.3) is 0 Å². The summed E-state index contributed by atoms with van der Waals surface area (Å²) >= 11 is 0. The summed E-state index contributed by atoms with van der Waals surface area (Å²) in [6.07, 6.45) is 15.3. The van der Waals surface area contributed by atoms with E-state index in [0.29, 0.717) is 17.9 Å². The molecule has 6 nitrogen and oxygen atoms in total. The highest BCUT2D eigenvalue weighted by Crippen LogP contribution is 2.36. The Bertz CT molecular complexity index is 667. The van der Waals surface area contributed by atoms with Crippen LogP contribution in [0.25, 0.3) is 0 Å². The first kappa shape index (κ1) is 31.0. The molecule has 0 bridgehead atoms. The second-order valence-electron chi connectivity index (χ2n) is 10.4. The zero-order valence-corrected chi connectivity index (χ0v) is 22.5. The highest BCUT2D eigenvalue weighted by molar-refractivity contribution is 5.36. The molecule has 0 amide bonds. The molecule has 0 aromatic heterocycles. The molecule has 4 N–H and O–H groups in total. The highest BCUT2D eigenvalue weighted by Gasteiger charge is 2.44. The molecule has 1 aliphatic rings. The van der Waals surface area contributed by atoms with E-state index < -0.39 is 37.1 Å². The van der Waals surface area contributed by atoms with Gasteiger partial charge in [-0.2, -0.15) is 0 Å². The first-order chi connectivity index (χ1) is 17.6. The van der Waals surface area contributed by atoms with Crippen LogP contribution in [0.4, 0.5) is 0 Å². The first-order valence-electron chi connectivity index (χ1n) is 14.6. The molecule has 36 heavy (non-hydrogen) atoms. The summed E-state index contributed by atoms with van der Waals surface area (Å²) in [7, 11) is 0. The van der Waals surface area contributed by atoms with Crippen molar-refractivity contribution in [2.45, 2.75) is 140 Å². The summed E-state index contributed by atoms with van der Waals surface area (Å²) < 4.78 is 11.7. The molecule has 1 aromatic rings. The Hall–Kier alpha value is -1.18. The number of hydrogen-bond donors (Lipinski definition) is 4.